The number of rotatable bonds is 2. The van der Waals surface area contributed by atoms with Crippen LogP contribution in [0.3, 0.4) is 0 Å². The van der Waals surface area contributed by atoms with Gasteiger partial charge in [0, 0.05) is 31.7 Å². The van der Waals surface area contributed by atoms with E-state index in [-0.39, 0.29) is 0 Å². The summed E-state index contributed by atoms with van der Waals surface area (Å²) in [7, 11) is 2.18. The van der Waals surface area contributed by atoms with Gasteiger partial charge in [0.2, 0.25) is 5.95 Å². The van der Waals surface area contributed by atoms with Gasteiger partial charge in [-0.05, 0) is 44.6 Å². The fourth-order valence-corrected chi connectivity index (χ4v) is 3.72. The third kappa shape index (κ3) is 2.11. The molecule has 5 heteroatoms. The molecule has 1 saturated heterocycles. The summed E-state index contributed by atoms with van der Waals surface area (Å²) in [6.45, 7) is 1.02. The van der Waals surface area contributed by atoms with Crippen LogP contribution in [0.15, 0.2) is 18.5 Å². The number of imidazole rings is 1. The molecule has 1 fully saturated rings. The van der Waals surface area contributed by atoms with Crippen molar-refractivity contribution in [3.8, 4) is 0 Å². The zero-order valence-electron chi connectivity index (χ0n) is 12.5. The van der Waals surface area contributed by atoms with E-state index in [0.29, 0.717) is 6.04 Å². The Kier molecular flexibility index (Phi) is 3.13. The Bertz CT molecular complexity index is 634. The van der Waals surface area contributed by atoms with Crippen LogP contribution in [0.4, 0.5) is 5.95 Å². The summed E-state index contributed by atoms with van der Waals surface area (Å²) < 4.78 is 2.33. The van der Waals surface area contributed by atoms with Crippen LogP contribution in [0, 0.1) is 0 Å². The number of hydrogen-bond acceptors (Lipinski definition) is 4. The van der Waals surface area contributed by atoms with Gasteiger partial charge < -0.3 is 9.47 Å². The maximum atomic E-state index is 4.97. The molecule has 3 heterocycles. The van der Waals surface area contributed by atoms with Crippen molar-refractivity contribution in [2.45, 2.75) is 44.6 Å². The van der Waals surface area contributed by atoms with E-state index in [2.05, 4.69) is 26.5 Å². The average molecular weight is 283 g/mol. The number of fused-ring (bicyclic) bond motifs is 1. The van der Waals surface area contributed by atoms with E-state index < -0.39 is 0 Å². The predicted molar refractivity (Wildman–Crippen MR) is 81.2 cm³/mol. The minimum absolute atomic E-state index is 0.322. The molecule has 0 bridgehead atoms. The van der Waals surface area contributed by atoms with Crippen molar-refractivity contribution < 1.29 is 0 Å². The van der Waals surface area contributed by atoms with Crippen LogP contribution in [0.5, 0.6) is 0 Å². The Morgan fingerprint density at radius 1 is 1.10 bits per heavy atom. The highest BCUT2D eigenvalue weighted by atomic mass is 15.3. The quantitative estimate of drug-likeness (QED) is 0.849. The van der Waals surface area contributed by atoms with Crippen LogP contribution in [0.2, 0.25) is 0 Å². The van der Waals surface area contributed by atoms with Crippen LogP contribution in [-0.2, 0) is 19.9 Å². The first-order valence-electron chi connectivity index (χ1n) is 7.92. The van der Waals surface area contributed by atoms with Crippen molar-refractivity contribution >= 4 is 5.95 Å². The topological polar surface area (TPSA) is 46.8 Å². The summed E-state index contributed by atoms with van der Waals surface area (Å²) >= 11 is 0. The summed E-state index contributed by atoms with van der Waals surface area (Å²) in [6.07, 6.45) is 10.8. The van der Waals surface area contributed by atoms with Gasteiger partial charge in [0.05, 0.1) is 11.7 Å². The molecule has 0 radical (unpaired) electrons. The van der Waals surface area contributed by atoms with Crippen molar-refractivity contribution in [3.63, 3.8) is 0 Å². The standard InChI is InChI=1S/C16H21N5/c1-20-13-7-3-2-6-12(13)19-15(20)14-8-4-11-21(14)16-17-9-5-10-18-16/h5,9-10,14H,2-4,6-8,11H2,1H3. The first-order valence-corrected chi connectivity index (χ1v) is 7.92. The Morgan fingerprint density at radius 3 is 2.71 bits per heavy atom. The molecule has 110 valence electrons. The molecule has 21 heavy (non-hydrogen) atoms. The van der Waals surface area contributed by atoms with Crippen molar-refractivity contribution in [1.82, 2.24) is 19.5 Å². The van der Waals surface area contributed by atoms with E-state index in [1.165, 1.54) is 42.9 Å². The summed E-state index contributed by atoms with van der Waals surface area (Å²) in [5, 5.41) is 0. The van der Waals surface area contributed by atoms with Crippen LogP contribution >= 0.6 is 0 Å². The van der Waals surface area contributed by atoms with E-state index in [9.17, 15) is 0 Å². The lowest BCUT2D eigenvalue weighted by molar-refractivity contribution is 0.604. The summed E-state index contributed by atoms with van der Waals surface area (Å²) in [5.74, 6) is 2.04. The highest BCUT2D eigenvalue weighted by Gasteiger charge is 2.32. The van der Waals surface area contributed by atoms with Crippen LogP contribution < -0.4 is 4.90 Å². The third-order valence-corrected chi connectivity index (χ3v) is 4.77. The number of nitrogens with zero attached hydrogens (tertiary/aromatic N) is 5. The lowest BCUT2D eigenvalue weighted by Crippen LogP contribution is -2.26. The maximum absolute atomic E-state index is 4.97. The first kappa shape index (κ1) is 12.8. The molecule has 0 aromatic carbocycles. The fourth-order valence-electron chi connectivity index (χ4n) is 3.72. The largest absolute Gasteiger partial charge is 0.333 e. The normalized spacial score (nSPS) is 21.6. The van der Waals surface area contributed by atoms with E-state index in [1.54, 1.807) is 0 Å². The van der Waals surface area contributed by atoms with Gasteiger partial charge in [0.15, 0.2) is 0 Å². The molecule has 2 aliphatic rings. The molecule has 1 aliphatic carbocycles. The highest BCUT2D eigenvalue weighted by Crippen LogP contribution is 2.35. The molecular weight excluding hydrogens is 262 g/mol. The Hall–Kier alpha value is -1.91. The molecule has 5 nitrogen and oxygen atoms in total. The smallest absolute Gasteiger partial charge is 0.225 e. The second-order valence-corrected chi connectivity index (χ2v) is 6.03. The second kappa shape index (κ2) is 5.13. The van der Waals surface area contributed by atoms with Gasteiger partial charge in [-0.3, -0.25) is 0 Å². The molecular formula is C16H21N5. The zero-order valence-corrected chi connectivity index (χ0v) is 12.5. The zero-order chi connectivity index (χ0) is 14.2. The number of hydrogen-bond donors (Lipinski definition) is 0. The van der Waals surface area contributed by atoms with Gasteiger partial charge in [0.1, 0.15) is 5.82 Å². The van der Waals surface area contributed by atoms with Gasteiger partial charge in [0.25, 0.3) is 0 Å². The molecule has 1 unspecified atom stereocenters. The van der Waals surface area contributed by atoms with Gasteiger partial charge in [-0.1, -0.05) is 0 Å². The predicted octanol–water partition coefficient (Wildman–Crippen LogP) is 2.43. The Labute approximate surface area is 125 Å². The number of anilines is 1. The fraction of sp³-hybridized carbons (Fsp3) is 0.562. The van der Waals surface area contributed by atoms with Crippen LogP contribution in [0.25, 0.3) is 0 Å². The number of aryl methyl sites for hydroxylation is 1. The SMILES string of the molecule is Cn1c(C2CCCN2c2ncccn2)nc2c1CCCC2. The number of aromatic nitrogens is 4. The minimum Gasteiger partial charge on any atom is -0.333 e. The van der Waals surface area contributed by atoms with Crippen molar-refractivity contribution in [1.29, 1.82) is 0 Å². The van der Waals surface area contributed by atoms with E-state index in [4.69, 9.17) is 4.98 Å². The van der Waals surface area contributed by atoms with Crippen molar-refractivity contribution in [3.05, 3.63) is 35.7 Å². The van der Waals surface area contributed by atoms with E-state index >= 15 is 0 Å². The molecule has 4 rings (SSSR count). The van der Waals surface area contributed by atoms with Gasteiger partial charge >= 0.3 is 0 Å². The lowest BCUT2D eigenvalue weighted by Gasteiger charge is -2.24. The molecule has 1 atom stereocenters. The monoisotopic (exact) mass is 283 g/mol. The molecule has 0 spiro atoms. The first-order chi connectivity index (χ1) is 10.3. The Morgan fingerprint density at radius 2 is 1.90 bits per heavy atom. The summed E-state index contributed by atoms with van der Waals surface area (Å²) in [5.41, 5.74) is 2.76. The van der Waals surface area contributed by atoms with Crippen molar-refractivity contribution in [2.75, 3.05) is 11.4 Å². The van der Waals surface area contributed by atoms with Crippen LogP contribution in [-0.4, -0.2) is 26.1 Å². The maximum Gasteiger partial charge on any atom is 0.225 e. The highest BCUT2D eigenvalue weighted by molar-refractivity contribution is 5.36. The third-order valence-electron chi connectivity index (χ3n) is 4.77. The van der Waals surface area contributed by atoms with E-state index in [1.807, 2.05) is 18.5 Å². The summed E-state index contributed by atoms with van der Waals surface area (Å²) in [4.78, 5) is 16.1. The summed E-state index contributed by atoms with van der Waals surface area (Å²) in [6, 6.07) is 2.19. The van der Waals surface area contributed by atoms with Crippen molar-refractivity contribution in [2.24, 2.45) is 7.05 Å². The molecule has 0 amide bonds. The lowest BCUT2D eigenvalue weighted by atomic mass is 10.0. The molecule has 0 saturated carbocycles. The van der Waals surface area contributed by atoms with Gasteiger partial charge in [-0.2, -0.15) is 0 Å². The Balaban J connectivity index is 1.71. The average Bonchev–Trinajstić information content (AvgIpc) is 3.13. The van der Waals surface area contributed by atoms with E-state index in [0.717, 1.165) is 25.3 Å². The molecule has 2 aromatic heterocycles. The molecule has 0 N–H and O–H groups in total. The second-order valence-electron chi connectivity index (χ2n) is 6.03. The van der Waals surface area contributed by atoms with Crippen LogP contribution in [0.1, 0.15) is 48.9 Å². The van der Waals surface area contributed by atoms with Gasteiger partial charge in [-0.25, -0.2) is 15.0 Å². The molecule has 1 aliphatic heterocycles. The molecule has 2 aromatic rings. The minimum atomic E-state index is 0.322. The van der Waals surface area contributed by atoms with Gasteiger partial charge in [-0.15, -0.1) is 0 Å².